The number of nitrogens with zero attached hydrogens (tertiary/aromatic N) is 1. The fraction of sp³-hybridized carbons (Fsp3) is 0.333. The largest absolute Gasteiger partial charge is 0.347 e. The minimum Gasteiger partial charge on any atom is -0.347 e. The van der Waals surface area contributed by atoms with Crippen molar-refractivity contribution in [2.75, 3.05) is 7.05 Å². The van der Waals surface area contributed by atoms with Crippen molar-refractivity contribution in [3.63, 3.8) is 0 Å². The standard InChI is InChI=1S/C6H7BrFN/c1-9-4-5(7)2-3-6(9)8/h2-4,6H,1H3. The Morgan fingerprint density at radius 1 is 1.78 bits per heavy atom. The van der Waals surface area contributed by atoms with E-state index in [-0.39, 0.29) is 0 Å². The summed E-state index contributed by atoms with van der Waals surface area (Å²) < 4.78 is 13.4. The van der Waals surface area contributed by atoms with Crippen molar-refractivity contribution in [3.8, 4) is 0 Å². The average Bonchev–Trinajstić information content (AvgIpc) is 1.80. The van der Waals surface area contributed by atoms with E-state index in [0.29, 0.717) is 0 Å². The van der Waals surface area contributed by atoms with Crippen LogP contribution in [0.3, 0.4) is 0 Å². The zero-order chi connectivity index (χ0) is 6.85. The summed E-state index contributed by atoms with van der Waals surface area (Å²) >= 11 is 3.22. The van der Waals surface area contributed by atoms with Gasteiger partial charge in [0, 0.05) is 17.7 Å². The fourth-order valence-electron chi connectivity index (χ4n) is 0.616. The third-order valence-electron chi connectivity index (χ3n) is 1.13. The lowest BCUT2D eigenvalue weighted by Gasteiger charge is -2.19. The maximum Gasteiger partial charge on any atom is 0.191 e. The van der Waals surface area contributed by atoms with Crippen molar-refractivity contribution in [3.05, 3.63) is 22.8 Å². The summed E-state index contributed by atoms with van der Waals surface area (Å²) in [6, 6.07) is 0. The summed E-state index contributed by atoms with van der Waals surface area (Å²) in [5.41, 5.74) is 0. The Morgan fingerprint density at radius 2 is 2.44 bits per heavy atom. The molecule has 3 heteroatoms. The van der Waals surface area contributed by atoms with Gasteiger partial charge in [-0.25, -0.2) is 4.39 Å². The maximum atomic E-state index is 12.5. The van der Waals surface area contributed by atoms with E-state index in [1.54, 1.807) is 19.3 Å². The molecule has 1 aliphatic heterocycles. The number of alkyl halides is 1. The van der Waals surface area contributed by atoms with Crippen LogP contribution in [0.25, 0.3) is 0 Å². The summed E-state index contributed by atoms with van der Waals surface area (Å²) in [5.74, 6) is 0. The van der Waals surface area contributed by atoms with Crippen molar-refractivity contribution in [1.29, 1.82) is 0 Å². The molecule has 1 nitrogen and oxygen atoms in total. The molecule has 50 valence electrons. The van der Waals surface area contributed by atoms with E-state index in [4.69, 9.17) is 0 Å². The molecule has 0 aromatic carbocycles. The molecule has 0 radical (unpaired) electrons. The van der Waals surface area contributed by atoms with E-state index >= 15 is 0 Å². The van der Waals surface area contributed by atoms with Crippen LogP contribution in [0, 0.1) is 0 Å². The number of hydrogen-bond acceptors (Lipinski definition) is 1. The van der Waals surface area contributed by atoms with Gasteiger partial charge in [-0.3, -0.25) is 0 Å². The van der Waals surface area contributed by atoms with Crippen LogP contribution >= 0.6 is 15.9 Å². The van der Waals surface area contributed by atoms with Gasteiger partial charge >= 0.3 is 0 Å². The second-order valence-electron chi connectivity index (χ2n) is 1.91. The van der Waals surface area contributed by atoms with Crippen LogP contribution in [-0.4, -0.2) is 18.2 Å². The topological polar surface area (TPSA) is 3.24 Å². The molecule has 1 heterocycles. The SMILES string of the molecule is CN1C=C(Br)C=CC1F. The lowest BCUT2D eigenvalue weighted by Crippen LogP contribution is -2.22. The van der Waals surface area contributed by atoms with E-state index in [1.165, 1.54) is 11.0 Å². The van der Waals surface area contributed by atoms with Crippen LogP contribution in [0.5, 0.6) is 0 Å². The van der Waals surface area contributed by atoms with Gasteiger partial charge in [0.25, 0.3) is 0 Å². The molecule has 0 N–H and O–H groups in total. The van der Waals surface area contributed by atoms with Crippen LogP contribution in [0.1, 0.15) is 0 Å². The van der Waals surface area contributed by atoms with Gasteiger partial charge in [-0.1, -0.05) is 0 Å². The van der Waals surface area contributed by atoms with Crippen molar-refractivity contribution in [1.82, 2.24) is 4.90 Å². The molecule has 1 rings (SSSR count). The summed E-state index contributed by atoms with van der Waals surface area (Å²) in [7, 11) is 1.69. The second-order valence-corrected chi connectivity index (χ2v) is 2.83. The summed E-state index contributed by atoms with van der Waals surface area (Å²) in [6.45, 7) is 0. The Balaban J connectivity index is 2.70. The minimum absolute atomic E-state index is 0.902. The van der Waals surface area contributed by atoms with Gasteiger partial charge in [-0.15, -0.1) is 0 Å². The van der Waals surface area contributed by atoms with Crippen LogP contribution in [0.15, 0.2) is 22.8 Å². The maximum absolute atomic E-state index is 12.5. The fourth-order valence-corrected chi connectivity index (χ4v) is 1.09. The molecule has 0 amide bonds. The molecule has 0 bridgehead atoms. The van der Waals surface area contributed by atoms with E-state index in [1.807, 2.05) is 0 Å². The first-order chi connectivity index (χ1) is 4.20. The molecule has 0 aromatic heterocycles. The van der Waals surface area contributed by atoms with Crippen LogP contribution < -0.4 is 0 Å². The van der Waals surface area contributed by atoms with E-state index < -0.39 is 6.30 Å². The smallest absolute Gasteiger partial charge is 0.191 e. The van der Waals surface area contributed by atoms with Crippen molar-refractivity contribution in [2.45, 2.75) is 6.30 Å². The average molecular weight is 192 g/mol. The predicted molar refractivity (Wildman–Crippen MR) is 38.8 cm³/mol. The zero-order valence-electron chi connectivity index (χ0n) is 5.01. The number of rotatable bonds is 0. The monoisotopic (exact) mass is 191 g/mol. The van der Waals surface area contributed by atoms with Crippen LogP contribution in [-0.2, 0) is 0 Å². The molecule has 0 aliphatic carbocycles. The summed E-state index contributed by atoms with van der Waals surface area (Å²) in [6.07, 6.45) is 3.92. The first-order valence-corrected chi connectivity index (χ1v) is 3.41. The highest BCUT2D eigenvalue weighted by molar-refractivity contribution is 9.11. The zero-order valence-corrected chi connectivity index (χ0v) is 6.60. The van der Waals surface area contributed by atoms with E-state index in [9.17, 15) is 4.39 Å². The molecular formula is C6H7BrFN. The van der Waals surface area contributed by atoms with Gasteiger partial charge in [0.1, 0.15) is 0 Å². The highest BCUT2D eigenvalue weighted by Gasteiger charge is 2.08. The first-order valence-electron chi connectivity index (χ1n) is 2.61. The molecule has 0 saturated carbocycles. The third-order valence-corrected chi connectivity index (χ3v) is 1.60. The van der Waals surface area contributed by atoms with E-state index in [0.717, 1.165) is 4.48 Å². The van der Waals surface area contributed by atoms with Crippen molar-refractivity contribution >= 4 is 15.9 Å². The number of allylic oxidation sites excluding steroid dienone is 2. The highest BCUT2D eigenvalue weighted by atomic mass is 79.9. The number of halogens is 2. The summed E-state index contributed by atoms with van der Waals surface area (Å²) in [4.78, 5) is 1.49. The lowest BCUT2D eigenvalue weighted by atomic mass is 10.3. The Kier molecular flexibility index (Phi) is 1.90. The predicted octanol–water partition coefficient (Wildman–Crippen LogP) is 2.02. The van der Waals surface area contributed by atoms with Gasteiger partial charge in [-0.2, -0.15) is 0 Å². The normalized spacial score (nSPS) is 26.3. The van der Waals surface area contributed by atoms with Crippen LogP contribution in [0.4, 0.5) is 4.39 Å². The number of likely N-dealkylation sites (N-methyl/N-ethyl adjacent to an activating group) is 1. The van der Waals surface area contributed by atoms with E-state index in [2.05, 4.69) is 15.9 Å². The highest BCUT2D eigenvalue weighted by Crippen LogP contribution is 2.16. The van der Waals surface area contributed by atoms with Gasteiger partial charge in [0.15, 0.2) is 6.30 Å². The number of hydrogen-bond donors (Lipinski definition) is 0. The molecular weight excluding hydrogens is 185 g/mol. The van der Waals surface area contributed by atoms with Gasteiger partial charge in [0.2, 0.25) is 0 Å². The quantitative estimate of drug-likeness (QED) is 0.530. The molecule has 0 spiro atoms. The van der Waals surface area contributed by atoms with Crippen LogP contribution in [0.2, 0.25) is 0 Å². The summed E-state index contributed by atoms with van der Waals surface area (Å²) in [5, 5.41) is 0. The van der Waals surface area contributed by atoms with Gasteiger partial charge < -0.3 is 4.90 Å². The Bertz CT molecular complexity index is 164. The minimum atomic E-state index is -0.966. The molecule has 0 saturated heterocycles. The lowest BCUT2D eigenvalue weighted by molar-refractivity contribution is 0.207. The van der Waals surface area contributed by atoms with Crippen molar-refractivity contribution < 1.29 is 4.39 Å². The molecule has 1 atom stereocenters. The Morgan fingerprint density at radius 3 is 2.89 bits per heavy atom. The van der Waals surface area contributed by atoms with Gasteiger partial charge in [-0.05, 0) is 28.1 Å². The molecule has 9 heavy (non-hydrogen) atoms. The van der Waals surface area contributed by atoms with Crippen molar-refractivity contribution in [2.24, 2.45) is 0 Å². The first kappa shape index (κ1) is 6.81. The molecule has 1 aliphatic rings. The van der Waals surface area contributed by atoms with Gasteiger partial charge in [0.05, 0.1) is 0 Å². The third kappa shape index (κ3) is 1.55. The molecule has 0 fully saturated rings. The Labute approximate surface area is 62.0 Å². The second kappa shape index (κ2) is 2.52. The molecule has 0 aromatic rings. The Hall–Kier alpha value is -0.310. The molecule has 1 unspecified atom stereocenters.